The first-order chi connectivity index (χ1) is 20.8. The molecule has 1 aliphatic rings. The minimum Gasteiger partial charge on any atom is -0.497 e. The van der Waals surface area contributed by atoms with E-state index in [2.05, 4.69) is 10.2 Å². The largest absolute Gasteiger partial charge is 0.497 e. The Morgan fingerprint density at radius 2 is 1.49 bits per heavy atom. The van der Waals surface area contributed by atoms with Gasteiger partial charge in [0, 0.05) is 49.9 Å². The average Bonchev–Trinajstić information content (AvgIpc) is 3.05. The van der Waals surface area contributed by atoms with Gasteiger partial charge < -0.3 is 24.2 Å². The van der Waals surface area contributed by atoms with E-state index in [1.54, 1.807) is 37.3 Å². The van der Waals surface area contributed by atoms with E-state index in [9.17, 15) is 18.4 Å². The van der Waals surface area contributed by atoms with Crippen LogP contribution in [0.25, 0.3) is 11.3 Å². The molecule has 3 aromatic carbocycles. The number of aromatic nitrogens is 2. The molecule has 0 spiro atoms. The third kappa shape index (κ3) is 7.06. The molecule has 1 aliphatic heterocycles. The van der Waals surface area contributed by atoms with E-state index in [0.29, 0.717) is 54.8 Å². The number of nitrogens with zero attached hydrogens (tertiary/aromatic N) is 5. The van der Waals surface area contributed by atoms with E-state index in [4.69, 9.17) is 9.47 Å². The Bertz CT molecular complexity index is 1560. The van der Waals surface area contributed by atoms with Crippen molar-refractivity contribution >= 4 is 17.6 Å². The number of benzene rings is 3. The molecule has 1 fully saturated rings. The molecule has 0 atom stereocenters. The van der Waals surface area contributed by atoms with Crippen LogP contribution in [0.5, 0.6) is 11.5 Å². The van der Waals surface area contributed by atoms with Gasteiger partial charge in [0.25, 0.3) is 5.91 Å². The number of ether oxygens (including phenoxy) is 2. The van der Waals surface area contributed by atoms with E-state index < -0.39 is 17.5 Å². The second kappa shape index (κ2) is 13.3. The third-order valence-electron chi connectivity index (χ3n) is 7.28. The van der Waals surface area contributed by atoms with Gasteiger partial charge in [-0.05, 0) is 66.2 Å². The molecule has 222 valence electrons. The van der Waals surface area contributed by atoms with Crippen LogP contribution >= 0.6 is 0 Å². The SMILES string of the molecule is COc1ccc(-c2ccc(N3CCN(C(=O)CN(Cc4ccc(F)cc4)C(=O)c4ccc(F)cc4)CC3)nn2)c(OC)c1. The molecule has 0 N–H and O–H groups in total. The van der Waals surface area contributed by atoms with Crippen molar-refractivity contribution in [3.8, 4) is 22.8 Å². The highest BCUT2D eigenvalue weighted by Gasteiger charge is 2.26. The minimum atomic E-state index is -0.463. The van der Waals surface area contributed by atoms with Crippen LogP contribution in [0.2, 0.25) is 0 Å². The fraction of sp³-hybridized carbons (Fsp3) is 0.250. The molecule has 0 saturated carbocycles. The number of piperazine rings is 1. The zero-order chi connectivity index (χ0) is 30.3. The molecular formula is C32H31F2N5O4. The van der Waals surface area contributed by atoms with Crippen LogP contribution in [0.4, 0.5) is 14.6 Å². The number of halogens is 2. The Labute approximate surface area is 248 Å². The predicted octanol–water partition coefficient (Wildman–Crippen LogP) is 4.43. The van der Waals surface area contributed by atoms with Crippen LogP contribution in [0.1, 0.15) is 15.9 Å². The van der Waals surface area contributed by atoms with Crippen molar-refractivity contribution in [2.24, 2.45) is 0 Å². The molecule has 1 aromatic heterocycles. The van der Waals surface area contributed by atoms with Gasteiger partial charge in [-0.15, -0.1) is 10.2 Å². The van der Waals surface area contributed by atoms with Crippen LogP contribution in [0, 0.1) is 11.6 Å². The maximum absolute atomic E-state index is 13.5. The van der Waals surface area contributed by atoms with E-state index in [0.717, 1.165) is 5.56 Å². The molecule has 5 rings (SSSR count). The fourth-order valence-electron chi connectivity index (χ4n) is 4.88. The summed E-state index contributed by atoms with van der Waals surface area (Å²) in [6.07, 6.45) is 0. The molecular weight excluding hydrogens is 556 g/mol. The second-order valence-corrected chi connectivity index (χ2v) is 10.0. The minimum absolute atomic E-state index is 0.100. The van der Waals surface area contributed by atoms with Gasteiger partial charge in [-0.2, -0.15) is 0 Å². The predicted molar refractivity (Wildman–Crippen MR) is 157 cm³/mol. The van der Waals surface area contributed by atoms with E-state index in [1.165, 1.54) is 41.3 Å². The normalized spacial score (nSPS) is 13.0. The molecule has 0 radical (unpaired) electrons. The average molecular weight is 588 g/mol. The number of rotatable bonds is 9. The summed E-state index contributed by atoms with van der Waals surface area (Å²) in [5.41, 5.74) is 2.38. The lowest BCUT2D eigenvalue weighted by Crippen LogP contribution is -2.52. The Morgan fingerprint density at radius 3 is 2.09 bits per heavy atom. The zero-order valence-electron chi connectivity index (χ0n) is 23.9. The molecule has 4 aromatic rings. The van der Waals surface area contributed by atoms with Crippen LogP contribution < -0.4 is 14.4 Å². The first-order valence-corrected chi connectivity index (χ1v) is 13.7. The molecule has 0 unspecified atom stereocenters. The summed E-state index contributed by atoms with van der Waals surface area (Å²) in [7, 11) is 3.18. The summed E-state index contributed by atoms with van der Waals surface area (Å²) >= 11 is 0. The molecule has 1 saturated heterocycles. The summed E-state index contributed by atoms with van der Waals surface area (Å²) in [5, 5.41) is 8.81. The van der Waals surface area contributed by atoms with Crippen molar-refractivity contribution < 1.29 is 27.8 Å². The number of anilines is 1. The molecule has 11 heteroatoms. The number of hydrogen-bond acceptors (Lipinski definition) is 7. The lowest BCUT2D eigenvalue weighted by Gasteiger charge is -2.36. The van der Waals surface area contributed by atoms with Gasteiger partial charge in [0.05, 0.1) is 19.9 Å². The van der Waals surface area contributed by atoms with Crippen LogP contribution in [0.3, 0.4) is 0 Å². The van der Waals surface area contributed by atoms with Crippen LogP contribution in [-0.2, 0) is 11.3 Å². The number of hydrogen-bond donors (Lipinski definition) is 0. The summed E-state index contributed by atoms with van der Waals surface area (Å²) in [6, 6.07) is 20.2. The van der Waals surface area contributed by atoms with E-state index in [1.807, 2.05) is 29.2 Å². The van der Waals surface area contributed by atoms with Gasteiger partial charge in [0.15, 0.2) is 5.82 Å². The molecule has 43 heavy (non-hydrogen) atoms. The summed E-state index contributed by atoms with van der Waals surface area (Å²) in [4.78, 5) is 31.8. The second-order valence-electron chi connectivity index (χ2n) is 10.0. The molecule has 0 aliphatic carbocycles. The summed E-state index contributed by atoms with van der Waals surface area (Å²) < 4.78 is 37.6. The zero-order valence-corrected chi connectivity index (χ0v) is 23.9. The standard InChI is InChI=1S/C32H31F2N5O4/c1-42-26-11-12-27(29(19-26)43-2)28-13-14-30(36-35-28)37-15-17-38(18-16-37)31(40)21-39(20-22-3-7-24(33)8-4-22)32(41)23-5-9-25(34)10-6-23/h3-14,19H,15-18,20-21H2,1-2H3. The highest BCUT2D eigenvalue weighted by molar-refractivity contribution is 5.96. The number of carbonyl (C=O) groups excluding carboxylic acids is 2. The van der Waals surface area contributed by atoms with E-state index in [-0.39, 0.29) is 24.6 Å². The van der Waals surface area contributed by atoms with Crippen molar-refractivity contribution in [2.75, 3.05) is 51.8 Å². The van der Waals surface area contributed by atoms with Crippen molar-refractivity contribution in [1.82, 2.24) is 20.0 Å². The quantitative estimate of drug-likeness (QED) is 0.286. The van der Waals surface area contributed by atoms with Gasteiger partial charge in [-0.1, -0.05) is 12.1 Å². The molecule has 2 amide bonds. The Balaban J connectivity index is 1.23. The van der Waals surface area contributed by atoms with Gasteiger partial charge >= 0.3 is 0 Å². The number of carbonyl (C=O) groups is 2. The third-order valence-corrected chi connectivity index (χ3v) is 7.28. The Hall–Kier alpha value is -5.06. The number of amides is 2. The Kier molecular flexibility index (Phi) is 9.09. The van der Waals surface area contributed by atoms with Crippen molar-refractivity contribution in [3.05, 3.63) is 102 Å². The van der Waals surface area contributed by atoms with Crippen molar-refractivity contribution in [3.63, 3.8) is 0 Å². The molecule has 9 nitrogen and oxygen atoms in total. The van der Waals surface area contributed by atoms with Gasteiger partial charge in [-0.3, -0.25) is 9.59 Å². The maximum Gasteiger partial charge on any atom is 0.254 e. The van der Waals surface area contributed by atoms with E-state index >= 15 is 0 Å². The Morgan fingerprint density at radius 1 is 0.814 bits per heavy atom. The smallest absolute Gasteiger partial charge is 0.254 e. The van der Waals surface area contributed by atoms with Crippen LogP contribution in [0.15, 0.2) is 78.9 Å². The van der Waals surface area contributed by atoms with Gasteiger partial charge in [-0.25, -0.2) is 8.78 Å². The fourth-order valence-corrected chi connectivity index (χ4v) is 4.88. The monoisotopic (exact) mass is 587 g/mol. The molecule has 0 bridgehead atoms. The highest BCUT2D eigenvalue weighted by atomic mass is 19.1. The van der Waals surface area contributed by atoms with Gasteiger partial charge in [0.2, 0.25) is 5.91 Å². The summed E-state index contributed by atoms with van der Waals surface area (Å²) in [5.74, 6) is 0.498. The number of methoxy groups -OCH3 is 2. The maximum atomic E-state index is 13.5. The van der Waals surface area contributed by atoms with Crippen molar-refractivity contribution in [1.29, 1.82) is 0 Å². The van der Waals surface area contributed by atoms with Crippen LogP contribution in [-0.4, -0.2) is 78.8 Å². The lowest BCUT2D eigenvalue weighted by molar-refractivity contribution is -0.132. The molecule has 2 heterocycles. The highest BCUT2D eigenvalue weighted by Crippen LogP contribution is 2.32. The first kappa shape index (κ1) is 29.4. The van der Waals surface area contributed by atoms with Gasteiger partial charge in [0.1, 0.15) is 29.7 Å². The lowest BCUT2D eigenvalue weighted by atomic mass is 10.1. The first-order valence-electron chi connectivity index (χ1n) is 13.7. The van der Waals surface area contributed by atoms with Crippen molar-refractivity contribution in [2.45, 2.75) is 6.54 Å². The summed E-state index contributed by atoms with van der Waals surface area (Å²) in [6.45, 7) is 1.87. The topological polar surface area (TPSA) is 88.1 Å².